The lowest BCUT2D eigenvalue weighted by atomic mass is 10.1. The number of sulfone groups is 1. The van der Waals surface area contributed by atoms with Crippen LogP contribution in [0.1, 0.15) is 32.3 Å². The second-order valence-electron chi connectivity index (χ2n) is 6.80. The van der Waals surface area contributed by atoms with Crippen molar-refractivity contribution in [2.24, 2.45) is 0 Å². The molecule has 2 atom stereocenters. The van der Waals surface area contributed by atoms with E-state index in [1.165, 1.54) is 13.2 Å². The number of methoxy groups -OCH3 is 1. The number of hydrogen-bond donors (Lipinski definition) is 0. The predicted octanol–water partition coefficient (Wildman–Crippen LogP) is 2.07. The van der Waals surface area contributed by atoms with Crippen LogP contribution in [0.15, 0.2) is 30.3 Å². The average Bonchev–Trinajstić information content (AvgIpc) is 3.03. The molecule has 1 aliphatic heterocycles. The van der Waals surface area contributed by atoms with Gasteiger partial charge in [-0.25, -0.2) is 13.2 Å². The number of carbonyl (C=O) groups is 2. The van der Waals surface area contributed by atoms with Gasteiger partial charge in [-0.05, 0) is 31.9 Å². The summed E-state index contributed by atoms with van der Waals surface area (Å²) >= 11 is 0. The van der Waals surface area contributed by atoms with Crippen molar-refractivity contribution >= 4 is 27.8 Å². The largest absolute Gasteiger partial charge is 0.496 e. The van der Waals surface area contributed by atoms with Crippen molar-refractivity contribution in [1.29, 1.82) is 0 Å². The summed E-state index contributed by atoms with van der Waals surface area (Å²) in [6, 6.07) is 6.70. The molecule has 1 amide bonds. The van der Waals surface area contributed by atoms with Gasteiger partial charge < -0.3 is 14.4 Å². The van der Waals surface area contributed by atoms with E-state index in [1.807, 2.05) is 26.0 Å². The summed E-state index contributed by atoms with van der Waals surface area (Å²) in [6.07, 6.45) is 3.89. The summed E-state index contributed by atoms with van der Waals surface area (Å²) in [6.45, 7) is 3.37. The summed E-state index contributed by atoms with van der Waals surface area (Å²) < 4.78 is 33.8. The lowest BCUT2D eigenvalue weighted by molar-refractivity contribution is -0.150. The molecule has 1 aliphatic rings. The lowest BCUT2D eigenvalue weighted by Gasteiger charge is -2.33. The number of hydrogen-bond acceptors (Lipinski definition) is 6. The van der Waals surface area contributed by atoms with Crippen molar-refractivity contribution in [3.8, 4) is 5.75 Å². The van der Waals surface area contributed by atoms with Crippen molar-refractivity contribution in [2.45, 2.75) is 38.8 Å². The summed E-state index contributed by atoms with van der Waals surface area (Å²) in [4.78, 5) is 26.2. The topological polar surface area (TPSA) is 90.0 Å². The van der Waals surface area contributed by atoms with Crippen molar-refractivity contribution < 1.29 is 27.5 Å². The van der Waals surface area contributed by atoms with Gasteiger partial charge in [-0.1, -0.05) is 25.1 Å². The zero-order valence-electron chi connectivity index (χ0n) is 16.5. The first-order chi connectivity index (χ1) is 13.3. The van der Waals surface area contributed by atoms with Gasteiger partial charge in [-0.3, -0.25) is 4.79 Å². The first-order valence-electron chi connectivity index (χ1n) is 9.26. The number of benzene rings is 1. The van der Waals surface area contributed by atoms with Crippen LogP contribution < -0.4 is 4.74 Å². The third-order valence-corrected chi connectivity index (χ3v) is 6.58. The first kappa shape index (κ1) is 21.9. The number of carbonyl (C=O) groups excluding carboxylic acids is 2. The third-order valence-electron chi connectivity index (χ3n) is 4.83. The van der Waals surface area contributed by atoms with E-state index in [-0.39, 0.29) is 29.5 Å². The Labute approximate surface area is 166 Å². The molecule has 8 heteroatoms. The van der Waals surface area contributed by atoms with Crippen molar-refractivity contribution in [3.05, 3.63) is 35.9 Å². The number of amides is 1. The molecule has 1 aromatic rings. The van der Waals surface area contributed by atoms with Gasteiger partial charge in [0.1, 0.15) is 5.75 Å². The van der Waals surface area contributed by atoms with Crippen LogP contribution in [0.3, 0.4) is 0 Å². The van der Waals surface area contributed by atoms with Crippen molar-refractivity contribution in [3.63, 3.8) is 0 Å². The van der Waals surface area contributed by atoms with Gasteiger partial charge in [0, 0.05) is 23.7 Å². The van der Waals surface area contributed by atoms with Crippen molar-refractivity contribution in [2.75, 3.05) is 25.2 Å². The Morgan fingerprint density at radius 3 is 2.64 bits per heavy atom. The Kier molecular flexibility index (Phi) is 7.62. The van der Waals surface area contributed by atoms with Crippen LogP contribution in [0.2, 0.25) is 0 Å². The Hall–Kier alpha value is -2.35. The van der Waals surface area contributed by atoms with Crippen molar-refractivity contribution in [1.82, 2.24) is 4.90 Å². The highest BCUT2D eigenvalue weighted by atomic mass is 32.2. The zero-order chi connectivity index (χ0) is 20.7. The van der Waals surface area contributed by atoms with Crippen LogP contribution in [0, 0.1) is 0 Å². The minimum absolute atomic E-state index is 0.0370. The van der Waals surface area contributed by atoms with E-state index in [0.29, 0.717) is 24.2 Å². The highest BCUT2D eigenvalue weighted by molar-refractivity contribution is 7.91. The highest BCUT2D eigenvalue weighted by Gasteiger charge is 2.36. The molecule has 0 bridgehead atoms. The molecular formula is C20H27NO6S. The molecule has 0 unspecified atom stereocenters. The van der Waals surface area contributed by atoms with E-state index in [0.717, 1.165) is 0 Å². The number of esters is 1. The van der Waals surface area contributed by atoms with Gasteiger partial charge in [-0.15, -0.1) is 0 Å². The lowest BCUT2D eigenvalue weighted by Crippen LogP contribution is -2.48. The zero-order valence-corrected chi connectivity index (χ0v) is 17.3. The Bertz CT molecular complexity index is 833. The molecule has 0 aromatic heterocycles. The molecule has 0 N–H and O–H groups in total. The molecule has 0 spiro atoms. The normalized spacial score (nSPS) is 19.3. The molecule has 154 valence electrons. The van der Waals surface area contributed by atoms with Crippen LogP contribution in [0.25, 0.3) is 6.08 Å². The molecule has 2 rings (SSSR count). The van der Waals surface area contributed by atoms with E-state index < -0.39 is 22.4 Å². The summed E-state index contributed by atoms with van der Waals surface area (Å²) in [5.41, 5.74) is 0.714. The maximum Gasteiger partial charge on any atom is 0.331 e. The smallest absolute Gasteiger partial charge is 0.331 e. The average molecular weight is 410 g/mol. The van der Waals surface area contributed by atoms with Crippen LogP contribution in [-0.2, 0) is 24.2 Å². The van der Waals surface area contributed by atoms with Gasteiger partial charge in [0.15, 0.2) is 16.4 Å². The maximum absolute atomic E-state index is 12.6. The minimum atomic E-state index is -3.12. The van der Waals surface area contributed by atoms with Crippen LogP contribution in [-0.4, -0.2) is 62.5 Å². The third kappa shape index (κ3) is 5.82. The van der Waals surface area contributed by atoms with Gasteiger partial charge >= 0.3 is 5.97 Å². The molecule has 1 aromatic carbocycles. The van der Waals surface area contributed by atoms with Gasteiger partial charge in [0.2, 0.25) is 0 Å². The molecule has 0 saturated carbocycles. The van der Waals surface area contributed by atoms with E-state index in [1.54, 1.807) is 23.1 Å². The van der Waals surface area contributed by atoms with Gasteiger partial charge in [0.05, 0.1) is 18.6 Å². The SMILES string of the molecule is CC[C@H](C)N(C(=O)COC(=O)/C=C/c1ccccc1OC)[C@H]1CCS(=O)(=O)C1. The van der Waals surface area contributed by atoms with Crippen LogP contribution >= 0.6 is 0 Å². The fraction of sp³-hybridized carbons (Fsp3) is 0.500. The number of rotatable bonds is 8. The van der Waals surface area contributed by atoms with E-state index in [2.05, 4.69) is 0 Å². The quantitative estimate of drug-likeness (QED) is 0.482. The van der Waals surface area contributed by atoms with Gasteiger partial charge in [0.25, 0.3) is 5.91 Å². The van der Waals surface area contributed by atoms with Gasteiger partial charge in [-0.2, -0.15) is 0 Å². The fourth-order valence-electron chi connectivity index (χ4n) is 3.22. The maximum atomic E-state index is 12.6. The molecule has 7 nitrogen and oxygen atoms in total. The Balaban J connectivity index is 1.98. The molecule has 0 aliphatic carbocycles. The predicted molar refractivity (Wildman–Crippen MR) is 107 cm³/mol. The number of nitrogens with zero attached hydrogens (tertiary/aromatic N) is 1. The minimum Gasteiger partial charge on any atom is -0.496 e. The van der Waals surface area contributed by atoms with E-state index in [9.17, 15) is 18.0 Å². The van der Waals surface area contributed by atoms with Crippen LogP contribution in [0.5, 0.6) is 5.75 Å². The Morgan fingerprint density at radius 1 is 1.32 bits per heavy atom. The molecule has 28 heavy (non-hydrogen) atoms. The number of ether oxygens (including phenoxy) is 2. The summed E-state index contributed by atoms with van der Waals surface area (Å²) in [7, 11) is -1.58. The monoisotopic (exact) mass is 409 g/mol. The molecule has 1 heterocycles. The molecule has 1 saturated heterocycles. The highest BCUT2D eigenvalue weighted by Crippen LogP contribution is 2.22. The standard InChI is InChI=1S/C20H27NO6S/c1-4-15(2)21(17-11-12-28(24,25)14-17)19(22)13-27-20(23)10-9-16-7-5-6-8-18(16)26-3/h5-10,15,17H,4,11-14H2,1-3H3/b10-9+/t15-,17-/m0/s1. The molecule has 0 radical (unpaired) electrons. The van der Waals surface area contributed by atoms with E-state index >= 15 is 0 Å². The van der Waals surface area contributed by atoms with E-state index in [4.69, 9.17) is 9.47 Å². The first-order valence-corrected chi connectivity index (χ1v) is 11.1. The fourth-order valence-corrected chi connectivity index (χ4v) is 4.93. The summed E-state index contributed by atoms with van der Waals surface area (Å²) in [5, 5.41) is 0. The Morgan fingerprint density at radius 2 is 2.04 bits per heavy atom. The summed E-state index contributed by atoms with van der Waals surface area (Å²) in [5.74, 6) is -0.366. The second kappa shape index (κ2) is 9.73. The molecule has 1 fully saturated rings. The molecular weight excluding hydrogens is 382 g/mol. The van der Waals surface area contributed by atoms with Crippen LogP contribution in [0.4, 0.5) is 0 Å². The number of para-hydroxylation sites is 1. The second-order valence-corrected chi connectivity index (χ2v) is 9.03.